The lowest BCUT2D eigenvalue weighted by Crippen LogP contribution is -2.10. The fraction of sp³-hybridized carbons (Fsp3) is 0. The summed E-state index contributed by atoms with van der Waals surface area (Å²) >= 11 is 5.37. The fourth-order valence-corrected chi connectivity index (χ4v) is 3.03. The van der Waals surface area contributed by atoms with Crippen LogP contribution in [0, 0.1) is 14.9 Å². The van der Waals surface area contributed by atoms with Gasteiger partial charge in [-0.25, -0.2) is 4.68 Å². The van der Waals surface area contributed by atoms with Crippen LogP contribution in [0.2, 0.25) is 0 Å². The van der Waals surface area contributed by atoms with Gasteiger partial charge in [-0.05, 0) is 41.2 Å². The number of aromatic nitrogens is 2. The Labute approximate surface area is 153 Å². The zero-order chi connectivity index (χ0) is 18.1. The van der Waals surface area contributed by atoms with Gasteiger partial charge in [-0.2, -0.15) is 0 Å². The number of nitrogens with zero attached hydrogens (tertiary/aromatic N) is 2. The third-order valence-corrected chi connectivity index (χ3v) is 4.44. The van der Waals surface area contributed by atoms with Crippen molar-refractivity contribution in [2.75, 3.05) is 5.43 Å². The molecule has 0 saturated heterocycles. The van der Waals surface area contributed by atoms with Crippen molar-refractivity contribution in [3.63, 3.8) is 0 Å². The number of hydrogen-bond donors (Lipinski definition) is 2. The molecule has 128 valence electrons. The summed E-state index contributed by atoms with van der Waals surface area (Å²) in [6.45, 7) is 0. The largest absolute Gasteiger partial charge is 0.335 e. The highest BCUT2D eigenvalue weighted by molar-refractivity contribution is 7.71. The highest BCUT2D eigenvalue weighted by atomic mass is 32.1. The average Bonchev–Trinajstić information content (AvgIpc) is 3.02. The van der Waals surface area contributed by atoms with E-state index in [0.29, 0.717) is 10.5 Å². The normalized spacial score (nSPS) is 10.8. The van der Waals surface area contributed by atoms with Gasteiger partial charge < -0.3 is 4.98 Å². The first-order chi connectivity index (χ1) is 12.6. The molecular formula is C19H14N4O2S. The molecule has 1 aromatic heterocycles. The van der Waals surface area contributed by atoms with Gasteiger partial charge in [0.2, 0.25) is 0 Å². The Morgan fingerprint density at radius 2 is 1.73 bits per heavy atom. The lowest BCUT2D eigenvalue weighted by atomic mass is 10.1. The monoisotopic (exact) mass is 362 g/mol. The lowest BCUT2D eigenvalue weighted by molar-refractivity contribution is -0.384. The van der Waals surface area contributed by atoms with Crippen molar-refractivity contribution in [2.24, 2.45) is 0 Å². The lowest BCUT2D eigenvalue weighted by Gasteiger charge is -2.12. The molecule has 0 bridgehead atoms. The molecule has 0 fully saturated rings. The molecule has 7 heteroatoms. The standard InChI is InChI=1S/C19H14N4O2S/c24-23(25)17-9-7-16(8-10-17)21-22-18(12-20-19(22)26)15-6-5-13-3-1-2-4-14(13)11-15/h1-12,21H,(H,20,26). The number of nitro benzene ring substituents is 1. The van der Waals surface area contributed by atoms with Crippen LogP contribution in [0.4, 0.5) is 11.4 Å². The molecule has 3 aromatic carbocycles. The SMILES string of the molecule is O=[N+]([O-])c1ccc(Nn2c(-c3ccc4ccccc4c3)c[nH]c2=S)cc1. The summed E-state index contributed by atoms with van der Waals surface area (Å²) < 4.78 is 2.26. The molecule has 4 rings (SSSR count). The second-order valence-corrected chi connectivity index (χ2v) is 6.18. The van der Waals surface area contributed by atoms with Crippen LogP contribution in [-0.4, -0.2) is 14.6 Å². The molecule has 0 unspecified atom stereocenters. The van der Waals surface area contributed by atoms with Crippen LogP contribution in [0.5, 0.6) is 0 Å². The first-order valence-corrected chi connectivity index (χ1v) is 8.34. The summed E-state index contributed by atoms with van der Waals surface area (Å²) in [6.07, 6.45) is 1.84. The van der Waals surface area contributed by atoms with Gasteiger partial charge >= 0.3 is 0 Å². The Balaban J connectivity index is 1.72. The van der Waals surface area contributed by atoms with E-state index in [1.54, 1.807) is 16.8 Å². The van der Waals surface area contributed by atoms with Crippen LogP contribution < -0.4 is 5.43 Å². The summed E-state index contributed by atoms with van der Waals surface area (Å²) in [5.74, 6) is 0. The van der Waals surface area contributed by atoms with Gasteiger partial charge in [-0.3, -0.25) is 15.5 Å². The highest BCUT2D eigenvalue weighted by Gasteiger charge is 2.09. The van der Waals surface area contributed by atoms with E-state index in [2.05, 4.69) is 34.7 Å². The molecule has 0 saturated carbocycles. The number of nitro groups is 1. The van der Waals surface area contributed by atoms with E-state index >= 15 is 0 Å². The number of hydrogen-bond acceptors (Lipinski definition) is 4. The number of rotatable bonds is 4. The van der Waals surface area contributed by atoms with E-state index in [4.69, 9.17) is 12.2 Å². The topological polar surface area (TPSA) is 75.9 Å². The van der Waals surface area contributed by atoms with Crippen LogP contribution in [0.3, 0.4) is 0 Å². The molecule has 26 heavy (non-hydrogen) atoms. The fourth-order valence-electron chi connectivity index (χ4n) is 2.83. The number of nitrogens with one attached hydrogen (secondary N) is 2. The van der Waals surface area contributed by atoms with Gasteiger partial charge in [0.25, 0.3) is 5.69 Å². The van der Waals surface area contributed by atoms with Crippen molar-refractivity contribution in [3.8, 4) is 11.3 Å². The Morgan fingerprint density at radius 1 is 1.00 bits per heavy atom. The van der Waals surface area contributed by atoms with Gasteiger partial charge in [-0.15, -0.1) is 0 Å². The van der Waals surface area contributed by atoms with E-state index in [1.807, 2.05) is 24.4 Å². The summed E-state index contributed by atoms with van der Waals surface area (Å²) in [5.41, 5.74) is 5.82. The molecule has 0 aliphatic carbocycles. The molecular weight excluding hydrogens is 348 g/mol. The highest BCUT2D eigenvalue weighted by Crippen LogP contribution is 2.25. The van der Waals surface area contributed by atoms with E-state index < -0.39 is 4.92 Å². The molecule has 0 aliphatic rings. The first-order valence-electron chi connectivity index (χ1n) is 7.93. The minimum atomic E-state index is -0.424. The first kappa shape index (κ1) is 16.0. The molecule has 0 aliphatic heterocycles. The van der Waals surface area contributed by atoms with Gasteiger partial charge in [0.1, 0.15) is 0 Å². The van der Waals surface area contributed by atoms with E-state index in [1.165, 1.54) is 17.5 Å². The summed E-state index contributed by atoms with van der Waals surface area (Å²) in [7, 11) is 0. The molecule has 2 N–H and O–H groups in total. The summed E-state index contributed by atoms with van der Waals surface area (Å²) in [5, 5.41) is 13.1. The number of anilines is 1. The van der Waals surface area contributed by atoms with Crippen molar-refractivity contribution >= 4 is 34.4 Å². The zero-order valence-corrected chi connectivity index (χ0v) is 14.4. The maximum Gasteiger partial charge on any atom is 0.269 e. The molecule has 0 amide bonds. The van der Waals surface area contributed by atoms with Crippen LogP contribution in [0.25, 0.3) is 22.0 Å². The predicted molar refractivity (Wildman–Crippen MR) is 105 cm³/mol. The van der Waals surface area contributed by atoms with Gasteiger partial charge in [-0.1, -0.05) is 36.4 Å². The Morgan fingerprint density at radius 3 is 2.46 bits per heavy atom. The van der Waals surface area contributed by atoms with Gasteiger partial charge in [0.05, 0.1) is 16.3 Å². The quantitative estimate of drug-likeness (QED) is 0.299. The second-order valence-electron chi connectivity index (χ2n) is 5.79. The van der Waals surface area contributed by atoms with Crippen molar-refractivity contribution in [1.82, 2.24) is 9.66 Å². The minimum absolute atomic E-state index is 0.0444. The van der Waals surface area contributed by atoms with Crippen molar-refractivity contribution in [2.45, 2.75) is 0 Å². The van der Waals surface area contributed by atoms with Crippen molar-refractivity contribution in [1.29, 1.82) is 0 Å². The maximum atomic E-state index is 10.8. The third-order valence-electron chi connectivity index (χ3n) is 4.14. The van der Waals surface area contributed by atoms with Crippen LogP contribution in [0.15, 0.2) is 72.9 Å². The van der Waals surface area contributed by atoms with E-state index in [9.17, 15) is 10.1 Å². The van der Waals surface area contributed by atoms with Crippen molar-refractivity contribution in [3.05, 3.63) is 87.8 Å². The maximum absolute atomic E-state index is 10.8. The second kappa shape index (κ2) is 6.45. The number of aromatic amines is 1. The number of fused-ring (bicyclic) bond motifs is 1. The summed E-state index contributed by atoms with van der Waals surface area (Å²) in [4.78, 5) is 13.4. The van der Waals surface area contributed by atoms with Crippen LogP contribution >= 0.6 is 12.2 Å². The summed E-state index contributed by atoms with van der Waals surface area (Å²) in [6, 6.07) is 20.6. The van der Waals surface area contributed by atoms with E-state index in [-0.39, 0.29) is 5.69 Å². The van der Waals surface area contributed by atoms with Crippen LogP contribution in [0.1, 0.15) is 0 Å². The molecule has 4 aromatic rings. The Bertz CT molecular complexity index is 1160. The Kier molecular flexibility index (Phi) is 3.98. The predicted octanol–water partition coefficient (Wildman–Crippen LogP) is 5.15. The average molecular weight is 362 g/mol. The van der Waals surface area contributed by atoms with E-state index in [0.717, 1.165) is 16.6 Å². The molecule has 0 radical (unpaired) electrons. The van der Waals surface area contributed by atoms with Crippen LogP contribution in [-0.2, 0) is 0 Å². The Hall–Kier alpha value is -3.45. The third kappa shape index (κ3) is 2.96. The number of non-ortho nitro benzene ring substituents is 1. The van der Waals surface area contributed by atoms with Gasteiger partial charge in [0, 0.05) is 23.9 Å². The van der Waals surface area contributed by atoms with Gasteiger partial charge in [0.15, 0.2) is 4.77 Å². The van der Waals surface area contributed by atoms with Crippen molar-refractivity contribution < 1.29 is 4.92 Å². The zero-order valence-electron chi connectivity index (χ0n) is 13.5. The molecule has 0 atom stereocenters. The number of benzene rings is 3. The molecule has 0 spiro atoms. The number of imidazole rings is 1. The number of H-pyrrole nitrogens is 1. The minimum Gasteiger partial charge on any atom is -0.335 e. The molecule has 6 nitrogen and oxygen atoms in total. The smallest absolute Gasteiger partial charge is 0.269 e. The molecule has 1 heterocycles.